The lowest BCUT2D eigenvalue weighted by Gasteiger charge is -2.08. The van der Waals surface area contributed by atoms with E-state index in [0.717, 1.165) is 25.0 Å². The summed E-state index contributed by atoms with van der Waals surface area (Å²) in [4.78, 5) is 8.38. The molecule has 0 aliphatic rings. The predicted octanol–water partition coefficient (Wildman–Crippen LogP) is 5.90. The molecule has 0 saturated heterocycles. The zero-order valence-electron chi connectivity index (χ0n) is 14.4. The smallest absolute Gasteiger partial charge is 0.416 e. The van der Waals surface area contributed by atoms with Crippen LogP contribution in [0.25, 0.3) is 11.3 Å². The molecule has 3 nitrogen and oxygen atoms in total. The van der Waals surface area contributed by atoms with Gasteiger partial charge in [0.05, 0.1) is 30.3 Å². The van der Waals surface area contributed by atoms with Crippen LogP contribution in [0.2, 0.25) is 0 Å². The molecule has 0 radical (unpaired) electrons. The lowest BCUT2D eigenvalue weighted by Crippen LogP contribution is -2.04. The zero-order valence-corrected chi connectivity index (χ0v) is 14.4. The van der Waals surface area contributed by atoms with Crippen LogP contribution in [0.4, 0.5) is 13.2 Å². The minimum atomic E-state index is -4.33. The van der Waals surface area contributed by atoms with E-state index in [-0.39, 0.29) is 0 Å². The number of nitrogens with zero attached hydrogens (tertiary/aromatic N) is 2. The molecule has 1 aromatic heterocycles. The van der Waals surface area contributed by atoms with Crippen molar-refractivity contribution in [3.8, 4) is 17.1 Å². The summed E-state index contributed by atoms with van der Waals surface area (Å²) in [5.74, 6) is 0.434. The number of unbranched alkanes of at least 4 members (excludes halogenated alkanes) is 5. The van der Waals surface area contributed by atoms with Crippen molar-refractivity contribution in [3.05, 3.63) is 42.2 Å². The second-order valence-corrected chi connectivity index (χ2v) is 5.93. The fourth-order valence-corrected chi connectivity index (χ4v) is 2.43. The molecular formula is C19H23F3N2O. The van der Waals surface area contributed by atoms with E-state index in [4.69, 9.17) is 4.74 Å². The van der Waals surface area contributed by atoms with Crippen LogP contribution in [-0.4, -0.2) is 16.6 Å². The molecule has 0 saturated carbocycles. The van der Waals surface area contributed by atoms with Crippen LogP contribution in [-0.2, 0) is 6.18 Å². The van der Waals surface area contributed by atoms with Crippen molar-refractivity contribution < 1.29 is 17.9 Å². The predicted molar refractivity (Wildman–Crippen MR) is 91.3 cm³/mol. The van der Waals surface area contributed by atoms with Crippen molar-refractivity contribution in [3.63, 3.8) is 0 Å². The van der Waals surface area contributed by atoms with Crippen molar-refractivity contribution in [2.75, 3.05) is 6.61 Å². The third kappa shape index (κ3) is 6.36. The lowest BCUT2D eigenvalue weighted by atomic mass is 10.1. The molecule has 136 valence electrons. The maximum absolute atomic E-state index is 12.6. The highest BCUT2D eigenvalue weighted by molar-refractivity contribution is 5.58. The molecule has 0 spiro atoms. The van der Waals surface area contributed by atoms with Gasteiger partial charge < -0.3 is 4.74 Å². The first-order chi connectivity index (χ1) is 12.0. The van der Waals surface area contributed by atoms with Gasteiger partial charge in [-0.2, -0.15) is 13.2 Å². The summed E-state index contributed by atoms with van der Waals surface area (Å²) >= 11 is 0. The van der Waals surface area contributed by atoms with Gasteiger partial charge in [-0.05, 0) is 18.6 Å². The van der Waals surface area contributed by atoms with Crippen molar-refractivity contribution in [1.29, 1.82) is 0 Å². The summed E-state index contributed by atoms with van der Waals surface area (Å²) in [6.07, 6.45) is 5.79. The van der Waals surface area contributed by atoms with Crippen molar-refractivity contribution in [2.24, 2.45) is 0 Å². The van der Waals surface area contributed by atoms with Crippen LogP contribution < -0.4 is 4.74 Å². The summed E-state index contributed by atoms with van der Waals surface area (Å²) in [5.41, 5.74) is 0.423. The number of hydrogen-bond acceptors (Lipinski definition) is 3. The molecule has 0 fully saturated rings. The van der Waals surface area contributed by atoms with Crippen LogP contribution in [0.1, 0.15) is 51.0 Å². The number of benzene rings is 1. The first-order valence-electron chi connectivity index (χ1n) is 8.63. The van der Waals surface area contributed by atoms with Gasteiger partial charge in [0.2, 0.25) is 5.88 Å². The number of rotatable bonds is 9. The highest BCUT2D eigenvalue weighted by Gasteiger charge is 2.29. The fraction of sp³-hybridized carbons (Fsp3) is 0.474. The number of hydrogen-bond donors (Lipinski definition) is 0. The van der Waals surface area contributed by atoms with E-state index in [2.05, 4.69) is 16.9 Å². The summed E-state index contributed by atoms with van der Waals surface area (Å²) in [5, 5.41) is 0. The van der Waals surface area contributed by atoms with Crippen LogP contribution in [0.3, 0.4) is 0 Å². The SMILES string of the molecule is CCCCCCCCOc1cnc(-c2ccc(C(F)(F)F)cc2)cn1. The molecule has 1 aromatic carbocycles. The van der Waals surface area contributed by atoms with Crippen molar-refractivity contribution in [1.82, 2.24) is 9.97 Å². The van der Waals surface area contributed by atoms with E-state index in [1.54, 1.807) is 0 Å². The minimum Gasteiger partial charge on any atom is -0.477 e. The van der Waals surface area contributed by atoms with Gasteiger partial charge in [0.25, 0.3) is 0 Å². The zero-order chi connectivity index (χ0) is 18.1. The van der Waals surface area contributed by atoms with Gasteiger partial charge in [0.1, 0.15) is 0 Å². The Morgan fingerprint density at radius 3 is 2.16 bits per heavy atom. The Labute approximate surface area is 146 Å². The van der Waals surface area contributed by atoms with Crippen LogP contribution in [0.5, 0.6) is 5.88 Å². The van der Waals surface area contributed by atoms with Gasteiger partial charge in [0.15, 0.2) is 0 Å². The molecule has 0 bridgehead atoms. The fourth-order valence-electron chi connectivity index (χ4n) is 2.43. The average molecular weight is 352 g/mol. The Balaban J connectivity index is 1.81. The Kier molecular flexibility index (Phi) is 7.22. The van der Waals surface area contributed by atoms with E-state index in [1.807, 2.05) is 0 Å². The number of ether oxygens (including phenoxy) is 1. The van der Waals surface area contributed by atoms with Gasteiger partial charge in [-0.1, -0.05) is 51.2 Å². The van der Waals surface area contributed by atoms with Crippen LogP contribution >= 0.6 is 0 Å². The maximum atomic E-state index is 12.6. The van der Waals surface area contributed by atoms with Gasteiger partial charge in [-0.3, -0.25) is 0 Å². The minimum absolute atomic E-state index is 0.434. The molecule has 0 aliphatic carbocycles. The highest BCUT2D eigenvalue weighted by Crippen LogP contribution is 2.30. The van der Waals surface area contributed by atoms with E-state index >= 15 is 0 Å². The Morgan fingerprint density at radius 1 is 0.880 bits per heavy atom. The monoisotopic (exact) mass is 352 g/mol. The largest absolute Gasteiger partial charge is 0.477 e. The molecule has 6 heteroatoms. The second kappa shape index (κ2) is 9.39. The first kappa shape index (κ1) is 19.2. The molecule has 0 atom stereocenters. The molecule has 0 amide bonds. The second-order valence-electron chi connectivity index (χ2n) is 5.93. The standard InChI is InChI=1S/C19H23F3N2O/c1-2-3-4-5-6-7-12-25-18-14-23-17(13-24-18)15-8-10-16(11-9-15)19(20,21)22/h8-11,13-14H,2-7,12H2,1H3. The highest BCUT2D eigenvalue weighted by atomic mass is 19.4. The van der Waals surface area contributed by atoms with E-state index in [0.29, 0.717) is 23.7 Å². The maximum Gasteiger partial charge on any atom is 0.416 e. The normalized spacial score (nSPS) is 11.5. The Hall–Kier alpha value is -2.11. The van der Waals surface area contributed by atoms with Gasteiger partial charge >= 0.3 is 6.18 Å². The van der Waals surface area contributed by atoms with E-state index in [1.165, 1.54) is 50.2 Å². The quantitative estimate of drug-likeness (QED) is 0.527. The molecule has 1 heterocycles. The number of alkyl halides is 3. The average Bonchev–Trinajstić information content (AvgIpc) is 2.61. The van der Waals surface area contributed by atoms with Crippen LogP contribution in [0, 0.1) is 0 Å². The molecule has 2 aromatic rings. The Bertz CT molecular complexity index is 625. The summed E-state index contributed by atoms with van der Waals surface area (Å²) in [6.45, 7) is 2.79. The number of halogens is 3. The van der Waals surface area contributed by atoms with Crippen LogP contribution in [0.15, 0.2) is 36.7 Å². The summed E-state index contributed by atoms with van der Waals surface area (Å²) in [6, 6.07) is 4.87. The number of aromatic nitrogens is 2. The van der Waals surface area contributed by atoms with E-state index in [9.17, 15) is 13.2 Å². The van der Waals surface area contributed by atoms with Gasteiger partial charge in [-0.25, -0.2) is 9.97 Å². The lowest BCUT2D eigenvalue weighted by molar-refractivity contribution is -0.137. The third-order valence-electron chi connectivity index (χ3n) is 3.88. The molecule has 0 unspecified atom stereocenters. The van der Waals surface area contributed by atoms with Gasteiger partial charge in [0, 0.05) is 5.56 Å². The van der Waals surface area contributed by atoms with Crippen molar-refractivity contribution >= 4 is 0 Å². The summed E-state index contributed by atoms with van der Waals surface area (Å²) in [7, 11) is 0. The Morgan fingerprint density at radius 2 is 1.56 bits per heavy atom. The van der Waals surface area contributed by atoms with Gasteiger partial charge in [-0.15, -0.1) is 0 Å². The molecule has 25 heavy (non-hydrogen) atoms. The third-order valence-corrected chi connectivity index (χ3v) is 3.88. The molecule has 0 aliphatic heterocycles. The first-order valence-corrected chi connectivity index (χ1v) is 8.63. The molecule has 0 N–H and O–H groups in total. The molecular weight excluding hydrogens is 329 g/mol. The van der Waals surface area contributed by atoms with E-state index < -0.39 is 11.7 Å². The van der Waals surface area contributed by atoms with Crippen molar-refractivity contribution in [2.45, 2.75) is 51.6 Å². The topological polar surface area (TPSA) is 35.0 Å². The molecule has 2 rings (SSSR count). The summed E-state index contributed by atoms with van der Waals surface area (Å²) < 4.78 is 43.2.